The molecule has 2 aromatic rings. The van der Waals surface area contributed by atoms with Crippen molar-refractivity contribution in [2.75, 3.05) is 12.4 Å². The third kappa shape index (κ3) is 3.40. The van der Waals surface area contributed by atoms with Gasteiger partial charge in [-0.25, -0.2) is 13.8 Å². The zero-order valence-corrected chi connectivity index (χ0v) is 15.5. The Labute approximate surface area is 164 Å². The van der Waals surface area contributed by atoms with Gasteiger partial charge in [0.2, 0.25) is 0 Å². The first-order valence-electron chi connectivity index (χ1n) is 8.68. The van der Waals surface area contributed by atoms with Gasteiger partial charge in [0.25, 0.3) is 5.91 Å². The average Bonchev–Trinajstić information content (AvgIpc) is 2.69. The van der Waals surface area contributed by atoms with Crippen molar-refractivity contribution in [2.45, 2.75) is 12.0 Å². The molecular weight excluding hydrogens is 386 g/mol. The zero-order chi connectivity index (χ0) is 19.7. The second-order valence-corrected chi connectivity index (χ2v) is 7.67. The minimum atomic E-state index is -1.20. The van der Waals surface area contributed by atoms with Crippen LogP contribution in [-0.4, -0.2) is 29.4 Å². The Hall–Kier alpha value is -2.74. The van der Waals surface area contributed by atoms with Crippen LogP contribution in [0, 0.1) is 17.6 Å². The molecule has 2 aliphatic rings. The Bertz CT molecular complexity index is 967. The molecule has 0 aliphatic carbocycles. The van der Waals surface area contributed by atoms with Crippen molar-refractivity contribution in [2.24, 2.45) is 10.9 Å². The molecule has 2 heterocycles. The lowest BCUT2D eigenvalue weighted by atomic mass is 9.76. The molecule has 2 atom stereocenters. The molecule has 2 aliphatic heterocycles. The molecule has 28 heavy (non-hydrogen) atoms. The summed E-state index contributed by atoms with van der Waals surface area (Å²) in [5.41, 5.74) is -0.584. The maximum absolute atomic E-state index is 14.6. The highest BCUT2D eigenvalue weighted by atomic mass is 32.2. The summed E-state index contributed by atoms with van der Waals surface area (Å²) in [4.78, 5) is 28.8. The van der Waals surface area contributed by atoms with Crippen LogP contribution in [0.15, 0.2) is 53.5 Å². The van der Waals surface area contributed by atoms with Crippen molar-refractivity contribution in [3.05, 3.63) is 71.3 Å². The number of carbonyl (C=O) groups is 2. The first kappa shape index (κ1) is 18.6. The number of carbonyl (C=O) groups excluding carboxylic acids is 2. The maximum atomic E-state index is 14.6. The van der Waals surface area contributed by atoms with E-state index in [0.717, 1.165) is 12.1 Å². The van der Waals surface area contributed by atoms with E-state index in [4.69, 9.17) is 4.74 Å². The molecule has 8 heteroatoms. The molecule has 2 aromatic carbocycles. The van der Waals surface area contributed by atoms with Gasteiger partial charge in [-0.1, -0.05) is 36.0 Å². The van der Waals surface area contributed by atoms with Crippen molar-refractivity contribution in [3.8, 4) is 0 Å². The minimum absolute atomic E-state index is 0.0766. The number of amidine groups is 1. The summed E-state index contributed by atoms with van der Waals surface area (Å²) in [6, 6.07) is 11.9. The first-order valence-corrected chi connectivity index (χ1v) is 9.67. The molecule has 0 saturated carbocycles. The summed E-state index contributed by atoms with van der Waals surface area (Å²) in [7, 11) is 0. The molecule has 0 bridgehead atoms. The summed E-state index contributed by atoms with van der Waals surface area (Å²) < 4.78 is 33.2. The van der Waals surface area contributed by atoms with Gasteiger partial charge in [-0.05, 0) is 18.2 Å². The lowest BCUT2D eigenvalue weighted by molar-refractivity contribution is -0.154. The normalized spacial score (nSPS) is 24.0. The van der Waals surface area contributed by atoms with Crippen LogP contribution in [0.2, 0.25) is 0 Å². The van der Waals surface area contributed by atoms with Crippen LogP contribution < -0.4 is 5.32 Å². The Morgan fingerprint density at radius 1 is 1.21 bits per heavy atom. The molecule has 5 nitrogen and oxygen atoms in total. The number of amides is 1. The van der Waals surface area contributed by atoms with Gasteiger partial charge in [-0.15, -0.1) is 0 Å². The molecule has 1 saturated heterocycles. The molecule has 0 aromatic heterocycles. The molecule has 4 rings (SSSR count). The van der Waals surface area contributed by atoms with Crippen LogP contribution in [0.4, 0.5) is 8.78 Å². The van der Waals surface area contributed by atoms with E-state index in [1.807, 2.05) is 0 Å². The lowest BCUT2D eigenvalue weighted by Crippen LogP contribution is -2.50. The topological polar surface area (TPSA) is 67.8 Å². The lowest BCUT2D eigenvalue weighted by Gasteiger charge is -2.43. The average molecular weight is 402 g/mol. The minimum Gasteiger partial charge on any atom is -0.463 e. The van der Waals surface area contributed by atoms with Crippen molar-refractivity contribution in [1.29, 1.82) is 0 Å². The fourth-order valence-corrected chi connectivity index (χ4v) is 4.62. The highest BCUT2D eigenvalue weighted by molar-refractivity contribution is 8.13. The van der Waals surface area contributed by atoms with Gasteiger partial charge in [0.1, 0.15) is 23.8 Å². The second kappa shape index (κ2) is 7.35. The van der Waals surface area contributed by atoms with Gasteiger partial charge in [0.15, 0.2) is 5.17 Å². The predicted octanol–water partition coefficient (Wildman–Crippen LogP) is 3.26. The van der Waals surface area contributed by atoms with E-state index >= 15 is 0 Å². The Morgan fingerprint density at radius 3 is 2.75 bits per heavy atom. The fraction of sp³-hybridized carbons (Fsp3) is 0.250. The number of nitrogens with zero attached hydrogens (tertiary/aromatic N) is 1. The highest BCUT2D eigenvalue weighted by Gasteiger charge is 2.50. The number of aliphatic imine (C=N–C) groups is 1. The Kier molecular flexibility index (Phi) is 4.89. The number of esters is 1. The van der Waals surface area contributed by atoms with E-state index in [0.29, 0.717) is 16.5 Å². The number of benzene rings is 2. The summed E-state index contributed by atoms with van der Waals surface area (Å²) in [5.74, 6) is -2.06. The van der Waals surface area contributed by atoms with E-state index in [-0.39, 0.29) is 36.4 Å². The molecule has 1 amide bonds. The molecule has 2 unspecified atom stereocenters. The number of rotatable bonds is 2. The SMILES string of the molecule is O=C1CC2CSC(NC(=O)c3ccccc3)=NC2(c2ccc(F)cc2F)CO1. The Balaban J connectivity index is 1.72. The van der Waals surface area contributed by atoms with Gasteiger partial charge in [0, 0.05) is 28.9 Å². The standard InChI is InChI=1S/C20H16F2N2O3S/c21-14-6-7-15(16(22)9-14)20-11-27-17(25)8-13(20)10-28-19(24-20)23-18(26)12-4-2-1-3-5-12/h1-7,9,13H,8,10-11H2,(H,23,24,26). The van der Waals surface area contributed by atoms with E-state index in [2.05, 4.69) is 10.3 Å². The van der Waals surface area contributed by atoms with E-state index in [1.54, 1.807) is 30.3 Å². The number of fused-ring (bicyclic) bond motifs is 1. The van der Waals surface area contributed by atoms with Crippen LogP contribution >= 0.6 is 11.8 Å². The zero-order valence-electron chi connectivity index (χ0n) is 14.7. The number of halogens is 2. The van der Waals surface area contributed by atoms with Crippen molar-refractivity contribution in [3.63, 3.8) is 0 Å². The molecule has 1 N–H and O–H groups in total. The van der Waals surface area contributed by atoms with Crippen molar-refractivity contribution in [1.82, 2.24) is 5.32 Å². The summed E-state index contributed by atoms with van der Waals surface area (Å²) in [6.07, 6.45) is 0.0766. The highest BCUT2D eigenvalue weighted by Crippen LogP contribution is 2.45. The monoisotopic (exact) mass is 402 g/mol. The summed E-state index contributed by atoms with van der Waals surface area (Å²) in [5, 5.41) is 3.05. The first-order chi connectivity index (χ1) is 13.5. The van der Waals surface area contributed by atoms with E-state index in [1.165, 1.54) is 17.8 Å². The number of hydrogen-bond acceptors (Lipinski definition) is 5. The predicted molar refractivity (Wildman–Crippen MR) is 101 cm³/mol. The van der Waals surface area contributed by atoms with Gasteiger partial charge in [-0.2, -0.15) is 0 Å². The quantitative estimate of drug-likeness (QED) is 0.783. The number of nitrogens with one attached hydrogen (secondary N) is 1. The Morgan fingerprint density at radius 2 is 2.00 bits per heavy atom. The molecule has 0 spiro atoms. The van der Waals surface area contributed by atoms with E-state index in [9.17, 15) is 18.4 Å². The van der Waals surface area contributed by atoms with Gasteiger partial charge >= 0.3 is 5.97 Å². The maximum Gasteiger partial charge on any atom is 0.306 e. The van der Waals surface area contributed by atoms with Crippen LogP contribution in [0.3, 0.4) is 0 Å². The molecule has 1 fully saturated rings. The smallest absolute Gasteiger partial charge is 0.306 e. The number of thioether (sulfide) groups is 1. The third-order valence-electron chi connectivity index (χ3n) is 4.92. The van der Waals surface area contributed by atoms with Crippen molar-refractivity contribution >= 4 is 28.8 Å². The number of hydrogen-bond donors (Lipinski definition) is 1. The molecule has 0 radical (unpaired) electrons. The second-order valence-electron chi connectivity index (χ2n) is 6.66. The third-order valence-corrected chi connectivity index (χ3v) is 5.95. The number of ether oxygens (including phenoxy) is 1. The molecular formula is C20H16F2N2O3S. The van der Waals surface area contributed by atoms with Gasteiger partial charge in [-0.3, -0.25) is 9.59 Å². The van der Waals surface area contributed by atoms with Crippen LogP contribution in [0.25, 0.3) is 0 Å². The molecule has 144 valence electrons. The van der Waals surface area contributed by atoms with E-state index < -0.39 is 17.2 Å². The largest absolute Gasteiger partial charge is 0.463 e. The van der Waals surface area contributed by atoms with Gasteiger partial charge in [0.05, 0.1) is 6.42 Å². The van der Waals surface area contributed by atoms with Crippen LogP contribution in [0.1, 0.15) is 22.3 Å². The van der Waals surface area contributed by atoms with Crippen LogP contribution in [-0.2, 0) is 15.1 Å². The fourth-order valence-electron chi connectivity index (χ4n) is 3.47. The van der Waals surface area contributed by atoms with Gasteiger partial charge < -0.3 is 10.1 Å². The van der Waals surface area contributed by atoms with Crippen molar-refractivity contribution < 1.29 is 23.1 Å². The summed E-state index contributed by atoms with van der Waals surface area (Å²) >= 11 is 1.29. The van der Waals surface area contributed by atoms with Crippen LogP contribution in [0.5, 0.6) is 0 Å². The number of cyclic esters (lactones) is 1. The summed E-state index contributed by atoms with van der Waals surface area (Å²) in [6.45, 7) is -0.162.